The van der Waals surface area contributed by atoms with Gasteiger partial charge in [0.15, 0.2) is 11.5 Å². The first-order chi connectivity index (χ1) is 11.5. The van der Waals surface area contributed by atoms with E-state index in [1.165, 1.54) is 0 Å². The fourth-order valence-corrected chi connectivity index (χ4v) is 2.06. The number of carbonyl (C=O) groups excluding carboxylic acids is 1. The van der Waals surface area contributed by atoms with Crippen molar-refractivity contribution in [3.8, 4) is 17.6 Å². The summed E-state index contributed by atoms with van der Waals surface area (Å²) in [5.74, 6) is 1.38. The molecule has 0 unspecified atom stereocenters. The highest BCUT2D eigenvalue weighted by Gasteiger charge is 2.24. The number of rotatable bonds is 8. The molecule has 1 aliphatic carbocycles. The van der Waals surface area contributed by atoms with E-state index in [0.29, 0.717) is 30.6 Å². The highest BCUT2D eigenvalue weighted by atomic mass is 16.5. The summed E-state index contributed by atoms with van der Waals surface area (Å²) >= 11 is 0. The topological polar surface area (TPSA) is 71.3 Å². The van der Waals surface area contributed by atoms with Crippen LogP contribution in [0.5, 0.6) is 11.5 Å². The van der Waals surface area contributed by atoms with Crippen molar-refractivity contribution < 1.29 is 14.3 Å². The molecule has 5 nitrogen and oxygen atoms in total. The van der Waals surface area contributed by atoms with Gasteiger partial charge in [0.1, 0.15) is 11.6 Å². The molecule has 1 aliphatic rings. The van der Waals surface area contributed by atoms with Gasteiger partial charge in [0.25, 0.3) is 5.91 Å². The molecule has 1 aromatic rings. The monoisotopic (exact) mass is 328 g/mol. The number of hydrogen-bond acceptors (Lipinski definition) is 4. The quantitative estimate of drug-likeness (QED) is 0.587. The number of amides is 1. The Morgan fingerprint density at radius 2 is 2.12 bits per heavy atom. The molecule has 5 heteroatoms. The van der Waals surface area contributed by atoms with Crippen LogP contribution in [0.3, 0.4) is 0 Å². The second kappa shape index (κ2) is 8.39. The van der Waals surface area contributed by atoms with Gasteiger partial charge >= 0.3 is 0 Å². The first kappa shape index (κ1) is 17.9. The lowest BCUT2D eigenvalue weighted by Gasteiger charge is -2.14. The van der Waals surface area contributed by atoms with E-state index in [9.17, 15) is 10.1 Å². The van der Waals surface area contributed by atoms with Crippen molar-refractivity contribution in [3.05, 3.63) is 29.3 Å². The molecular formula is C19H24N2O3. The molecule has 2 rings (SSSR count). The first-order valence-corrected chi connectivity index (χ1v) is 8.35. The molecule has 128 valence electrons. The summed E-state index contributed by atoms with van der Waals surface area (Å²) in [6.07, 6.45) is 3.55. The molecule has 0 aromatic heterocycles. The van der Waals surface area contributed by atoms with Crippen LogP contribution in [0, 0.1) is 17.2 Å². The Morgan fingerprint density at radius 1 is 1.38 bits per heavy atom. The summed E-state index contributed by atoms with van der Waals surface area (Å²) < 4.78 is 11.4. The summed E-state index contributed by atoms with van der Waals surface area (Å²) in [5, 5.41) is 12.1. The van der Waals surface area contributed by atoms with E-state index in [0.717, 1.165) is 18.4 Å². The average Bonchev–Trinajstić information content (AvgIpc) is 3.35. The SMILES string of the molecule is CCOc1cc(/C=C(\C#N)C(=O)NC2CC2)ccc1OCC(C)C. The van der Waals surface area contributed by atoms with Gasteiger partial charge in [-0.1, -0.05) is 19.9 Å². The Hall–Kier alpha value is -2.48. The van der Waals surface area contributed by atoms with E-state index in [-0.39, 0.29) is 17.5 Å². The van der Waals surface area contributed by atoms with Crippen LogP contribution in [-0.4, -0.2) is 25.2 Å². The lowest BCUT2D eigenvalue weighted by Crippen LogP contribution is -2.26. The first-order valence-electron chi connectivity index (χ1n) is 8.35. The Morgan fingerprint density at radius 3 is 2.71 bits per heavy atom. The van der Waals surface area contributed by atoms with Crippen LogP contribution >= 0.6 is 0 Å². The number of nitriles is 1. The van der Waals surface area contributed by atoms with Crippen LogP contribution in [0.25, 0.3) is 6.08 Å². The van der Waals surface area contributed by atoms with Gasteiger partial charge in [-0.3, -0.25) is 4.79 Å². The third kappa shape index (κ3) is 5.31. The maximum Gasteiger partial charge on any atom is 0.262 e. The predicted molar refractivity (Wildman–Crippen MR) is 92.7 cm³/mol. The number of carbonyl (C=O) groups is 1. The van der Waals surface area contributed by atoms with Crippen molar-refractivity contribution in [1.82, 2.24) is 5.32 Å². The molecule has 0 heterocycles. The molecule has 0 atom stereocenters. The van der Waals surface area contributed by atoms with Gasteiger partial charge in [-0.05, 0) is 49.5 Å². The van der Waals surface area contributed by atoms with E-state index in [1.54, 1.807) is 12.1 Å². The Kier molecular flexibility index (Phi) is 6.25. The highest BCUT2D eigenvalue weighted by Crippen LogP contribution is 2.30. The predicted octanol–water partition coefficient (Wildman–Crippen LogP) is 3.31. The minimum absolute atomic E-state index is 0.0974. The van der Waals surface area contributed by atoms with E-state index < -0.39 is 0 Å². The van der Waals surface area contributed by atoms with Crippen LogP contribution < -0.4 is 14.8 Å². The van der Waals surface area contributed by atoms with Crippen LogP contribution in [0.4, 0.5) is 0 Å². The van der Waals surface area contributed by atoms with Crippen molar-refractivity contribution in [3.63, 3.8) is 0 Å². The fraction of sp³-hybridized carbons (Fsp3) is 0.474. The lowest BCUT2D eigenvalue weighted by atomic mass is 10.1. The maximum absolute atomic E-state index is 12.0. The van der Waals surface area contributed by atoms with Gasteiger partial charge in [0, 0.05) is 6.04 Å². The van der Waals surface area contributed by atoms with E-state index >= 15 is 0 Å². The molecule has 1 saturated carbocycles. The molecule has 0 radical (unpaired) electrons. The molecule has 0 aliphatic heterocycles. The number of ether oxygens (including phenoxy) is 2. The normalized spacial score (nSPS) is 14.2. The largest absolute Gasteiger partial charge is 0.490 e. The number of benzene rings is 1. The summed E-state index contributed by atoms with van der Waals surface area (Å²) in [7, 11) is 0. The smallest absolute Gasteiger partial charge is 0.262 e. The van der Waals surface area contributed by atoms with Gasteiger partial charge < -0.3 is 14.8 Å². The lowest BCUT2D eigenvalue weighted by molar-refractivity contribution is -0.117. The molecule has 24 heavy (non-hydrogen) atoms. The number of nitrogens with one attached hydrogen (secondary N) is 1. The third-order valence-electron chi connectivity index (χ3n) is 3.43. The molecule has 0 bridgehead atoms. The number of hydrogen-bond donors (Lipinski definition) is 1. The third-order valence-corrected chi connectivity index (χ3v) is 3.43. The van der Waals surface area contributed by atoms with Crippen LogP contribution in [0.1, 0.15) is 39.2 Å². The Balaban J connectivity index is 2.19. The van der Waals surface area contributed by atoms with Crippen molar-refractivity contribution in [2.75, 3.05) is 13.2 Å². The summed E-state index contributed by atoms with van der Waals surface area (Å²) in [5.41, 5.74) is 0.832. The zero-order chi connectivity index (χ0) is 17.5. The Labute approximate surface area is 143 Å². The molecule has 1 fully saturated rings. The van der Waals surface area contributed by atoms with Gasteiger partial charge in [-0.2, -0.15) is 5.26 Å². The van der Waals surface area contributed by atoms with Gasteiger partial charge in [0.2, 0.25) is 0 Å². The Bertz CT molecular complexity index is 655. The fourth-order valence-electron chi connectivity index (χ4n) is 2.06. The van der Waals surface area contributed by atoms with Gasteiger partial charge in [-0.15, -0.1) is 0 Å². The van der Waals surface area contributed by atoms with Crippen molar-refractivity contribution in [1.29, 1.82) is 5.26 Å². The van der Waals surface area contributed by atoms with Crippen LogP contribution in [0.15, 0.2) is 23.8 Å². The molecule has 0 spiro atoms. The minimum Gasteiger partial charge on any atom is -0.490 e. The van der Waals surface area contributed by atoms with Crippen LogP contribution in [-0.2, 0) is 4.79 Å². The second-order valence-electron chi connectivity index (χ2n) is 6.26. The van der Waals surface area contributed by atoms with Gasteiger partial charge in [-0.25, -0.2) is 0 Å². The zero-order valence-electron chi connectivity index (χ0n) is 14.5. The van der Waals surface area contributed by atoms with E-state index in [2.05, 4.69) is 19.2 Å². The summed E-state index contributed by atoms with van der Waals surface area (Å²) in [6, 6.07) is 7.61. The molecule has 0 saturated heterocycles. The molecule has 1 N–H and O–H groups in total. The molecular weight excluding hydrogens is 304 g/mol. The maximum atomic E-state index is 12.0. The van der Waals surface area contributed by atoms with Gasteiger partial charge in [0.05, 0.1) is 13.2 Å². The molecule has 1 amide bonds. The standard InChI is InChI=1S/C19H24N2O3/c1-4-23-18-10-14(5-8-17(18)24-12-13(2)3)9-15(11-20)19(22)21-16-6-7-16/h5,8-10,13,16H,4,6-7,12H2,1-3H3,(H,21,22)/b15-9+. The van der Waals surface area contributed by atoms with Crippen LogP contribution in [0.2, 0.25) is 0 Å². The average molecular weight is 328 g/mol. The van der Waals surface area contributed by atoms with Crippen molar-refractivity contribution in [2.24, 2.45) is 5.92 Å². The van der Waals surface area contributed by atoms with E-state index in [4.69, 9.17) is 9.47 Å². The highest BCUT2D eigenvalue weighted by molar-refractivity contribution is 6.02. The van der Waals surface area contributed by atoms with E-state index in [1.807, 2.05) is 25.1 Å². The number of nitrogens with zero attached hydrogens (tertiary/aromatic N) is 1. The second-order valence-corrected chi connectivity index (χ2v) is 6.26. The van der Waals surface area contributed by atoms with Crippen molar-refractivity contribution in [2.45, 2.75) is 39.7 Å². The summed E-state index contributed by atoms with van der Waals surface area (Å²) in [4.78, 5) is 12.0. The molecule has 1 aromatic carbocycles. The van der Waals surface area contributed by atoms with Crippen molar-refractivity contribution >= 4 is 12.0 Å². The summed E-state index contributed by atoms with van der Waals surface area (Å²) in [6.45, 7) is 7.17. The minimum atomic E-state index is -0.321. The zero-order valence-corrected chi connectivity index (χ0v) is 14.5.